The second kappa shape index (κ2) is 6.83. The minimum Gasteiger partial charge on any atom is -0.466 e. The number of aromatic nitrogens is 2. The van der Waals surface area contributed by atoms with Crippen molar-refractivity contribution in [2.24, 2.45) is 0 Å². The summed E-state index contributed by atoms with van der Waals surface area (Å²) in [5.74, 6) is -0.289. The monoisotopic (exact) mass is 286 g/mol. The Hall–Kier alpha value is -2.43. The summed E-state index contributed by atoms with van der Waals surface area (Å²) in [6.07, 6.45) is 3.98. The first-order valence-electron chi connectivity index (χ1n) is 6.90. The molecule has 0 atom stereocenters. The molecule has 0 unspecified atom stereocenters. The van der Waals surface area contributed by atoms with Crippen molar-refractivity contribution in [3.63, 3.8) is 0 Å². The molecule has 21 heavy (non-hydrogen) atoms. The zero-order valence-corrected chi connectivity index (χ0v) is 12.2. The van der Waals surface area contributed by atoms with E-state index in [-0.39, 0.29) is 17.9 Å². The van der Waals surface area contributed by atoms with Crippen LogP contribution in [-0.4, -0.2) is 22.5 Å². The Balaban J connectivity index is 2.27. The molecule has 0 saturated heterocycles. The van der Waals surface area contributed by atoms with Crippen LogP contribution in [0.3, 0.4) is 0 Å². The van der Waals surface area contributed by atoms with Gasteiger partial charge in [0, 0.05) is 35.6 Å². The minimum absolute atomic E-state index is 0.158. The van der Waals surface area contributed by atoms with Crippen molar-refractivity contribution in [2.45, 2.75) is 26.7 Å². The van der Waals surface area contributed by atoms with Crippen LogP contribution in [0.15, 0.2) is 35.4 Å². The smallest absolute Gasteiger partial charge is 0.306 e. The number of rotatable bonds is 5. The van der Waals surface area contributed by atoms with Crippen LogP contribution in [0.25, 0.3) is 11.1 Å². The van der Waals surface area contributed by atoms with Gasteiger partial charge in [0.2, 0.25) is 0 Å². The summed E-state index contributed by atoms with van der Waals surface area (Å²) in [5, 5.41) is 0. The predicted molar refractivity (Wildman–Crippen MR) is 80.0 cm³/mol. The zero-order chi connectivity index (χ0) is 15.2. The normalized spacial score (nSPS) is 10.4. The third kappa shape index (κ3) is 3.78. The number of ether oxygens (including phenoxy) is 1. The molecule has 5 heteroatoms. The molecule has 0 spiro atoms. The van der Waals surface area contributed by atoms with Crippen molar-refractivity contribution in [2.75, 3.05) is 6.61 Å². The van der Waals surface area contributed by atoms with Gasteiger partial charge in [-0.3, -0.25) is 14.6 Å². The lowest BCUT2D eigenvalue weighted by molar-refractivity contribution is -0.143. The molecule has 0 saturated carbocycles. The van der Waals surface area contributed by atoms with E-state index in [1.54, 1.807) is 19.3 Å². The van der Waals surface area contributed by atoms with Crippen molar-refractivity contribution in [1.29, 1.82) is 0 Å². The second-order valence-corrected chi connectivity index (χ2v) is 4.70. The molecule has 0 aliphatic rings. The fraction of sp³-hybridized carbons (Fsp3) is 0.312. The molecule has 5 nitrogen and oxygen atoms in total. The molecule has 0 aliphatic carbocycles. The molecule has 0 aromatic carbocycles. The van der Waals surface area contributed by atoms with Crippen molar-refractivity contribution in [3.05, 3.63) is 52.2 Å². The average molecular weight is 286 g/mol. The number of esters is 1. The van der Waals surface area contributed by atoms with E-state index in [0.29, 0.717) is 18.6 Å². The van der Waals surface area contributed by atoms with Crippen LogP contribution in [0.5, 0.6) is 0 Å². The average Bonchev–Trinajstić information content (AvgIpc) is 2.47. The fourth-order valence-electron chi connectivity index (χ4n) is 2.15. The standard InChI is InChI=1S/C16H18N2O3/c1-3-21-15(19)5-4-13-10-14(11(2)18-16(13)20)12-6-8-17-9-7-12/h6-10H,3-5H2,1-2H3,(H,18,20). The summed E-state index contributed by atoms with van der Waals surface area (Å²) < 4.78 is 4.88. The van der Waals surface area contributed by atoms with Gasteiger partial charge >= 0.3 is 5.97 Å². The first-order valence-corrected chi connectivity index (χ1v) is 6.90. The highest BCUT2D eigenvalue weighted by Gasteiger charge is 2.10. The molecule has 0 radical (unpaired) electrons. The lowest BCUT2D eigenvalue weighted by Crippen LogP contribution is -2.16. The van der Waals surface area contributed by atoms with E-state index < -0.39 is 0 Å². The van der Waals surface area contributed by atoms with Gasteiger partial charge in [-0.05, 0) is 44.0 Å². The lowest BCUT2D eigenvalue weighted by Gasteiger charge is -2.08. The van der Waals surface area contributed by atoms with Crippen LogP contribution in [0.2, 0.25) is 0 Å². The van der Waals surface area contributed by atoms with Gasteiger partial charge < -0.3 is 9.72 Å². The van der Waals surface area contributed by atoms with Gasteiger partial charge in [0.1, 0.15) is 0 Å². The molecule has 2 aromatic rings. The van der Waals surface area contributed by atoms with Crippen LogP contribution in [0.1, 0.15) is 24.6 Å². The van der Waals surface area contributed by atoms with Crippen LogP contribution in [-0.2, 0) is 16.0 Å². The highest BCUT2D eigenvalue weighted by atomic mass is 16.5. The van der Waals surface area contributed by atoms with E-state index in [9.17, 15) is 9.59 Å². The van der Waals surface area contributed by atoms with Crippen LogP contribution in [0, 0.1) is 6.92 Å². The topological polar surface area (TPSA) is 72.0 Å². The largest absolute Gasteiger partial charge is 0.466 e. The van der Waals surface area contributed by atoms with E-state index in [1.807, 2.05) is 25.1 Å². The van der Waals surface area contributed by atoms with Gasteiger partial charge in [-0.15, -0.1) is 0 Å². The van der Waals surface area contributed by atoms with Crippen molar-refractivity contribution >= 4 is 5.97 Å². The molecule has 0 bridgehead atoms. The maximum Gasteiger partial charge on any atom is 0.306 e. The van der Waals surface area contributed by atoms with E-state index in [4.69, 9.17) is 4.74 Å². The zero-order valence-electron chi connectivity index (χ0n) is 12.2. The first kappa shape index (κ1) is 15.0. The van der Waals surface area contributed by atoms with Crippen LogP contribution in [0.4, 0.5) is 0 Å². The molecule has 0 amide bonds. The molecule has 0 fully saturated rings. The summed E-state index contributed by atoms with van der Waals surface area (Å²) >= 11 is 0. The van der Waals surface area contributed by atoms with Crippen LogP contribution < -0.4 is 5.56 Å². The fourth-order valence-corrected chi connectivity index (χ4v) is 2.15. The number of nitrogens with zero attached hydrogens (tertiary/aromatic N) is 1. The Morgan fingerprint density at radius 3 is 2.71 bits per heavy atom. The van der Waals surface area contributed by atoms with Crippen molar-refractivity contribution < 1.29 is 9.53 Å². The van der Waals surface area contributed by atoms with E-state index in [2.05, 4.69) is 9.97 Å². The van der Waals surface area contributed by atoms with E-state index >= 15 is 0 Å². The highest BCUT2D eigenvalue weighted by Crippen LogP contribution is 2.21. The molecular weight excluding hydrogens is 268 g/mol. The molecule has 1 N–H and O–H groups in total. The Morgan fingerprint density at radius 1 is 1.33 bits per heavy atom. The number of hydrogen-bond donors (Lipinski definition) is 1. The Morgan fingerprint density at radius 2 is 2.05 bits per heavy atom. The van der Waals surface area contributed by atoms with Gasteiger partial charge in [-0.1, -0.05) is 0 Å². The Kier molecular flexibility index (Phi) is 4.87. The molecule has 110 valence electrons. The molecule has 0 aliphatic heterocycles. The van der Waals surface area contributed by atoms with E-state index in [0.717, 1.165) is 16.8 Å². The number of hydrogen-bond acceptors (Lipinski definition) is 4. The van der Waals surface area contributed by atoms with Gasteiger partial charge in [0.15, 0.2) is 0 Å². The summed E-state index contributed by atoms with van der Waals surface area (Å²) in [6.45, 7) is 3.97. The van der Waals surface area contributed by atoms with Gasteiger partial charge in [-0.25, -0.2) is 0 Å². The second-order valence-electron chi connectivity index (χ2n) is 4.70. The van der Waals surface area contributed by atoms with Crippen molar-refractivity contribution in [1.82, 2.24) is 9.97 Å². The van der Waals surface area contributed by atoms with E-state index in [1.165, 1.54) is 0 Å². The predicted octanol–water partition coefficient (Wildman–Crippen LogP) is 2.24. The number of pyridine rings is 2. The van der Waals surface area contributed by atoms with Gasteiger partial charge in [0.25, 0.3) is 5.56 Å². The lowest BCUT2D eigenvalue weighted by atomic mass is 10.0. The minimum atomic E-state index is -0.289. The quantitative estimate of drug-likeness (QED) is 0.856. The third-order valence-corrected chi connectivity index (χ3v) is 3.21. The number of H-pyrrole nitrogens is 1. The maximum absolute atomic E-state index is 12.0. The first-order chi connectivity index (χ1) is 10.1. The number of carbonyl (C=O) groups excluding carboxylic acids is 1. The number of aromatic amines is 1. The summed E-state index contributed by atoms with van der Waals surface area (Å²) in [4.78, 5) is 30.2. The van der Waals surface area contributed by atoms with Gasteiger partial charge in [-0.2, -0.15) is 0 Å². The number of aryl methyl sites for hydroxylation is 2. The molecule has 2 aromatic heterocycles. The number of carbonyl (C=O) groups is 1. The molecule has 2 heterocycles. The Labute approximate surface area is 123 Å². The van der Waals surface area contributed by atoms with Crippen molar-refractivity contribution in [3.8, 4) is 11.1 Å². The highest BCUT2D eigenvalue weighted by molar-refractivity contribution is 5.70. The summed E-state index contributed by atoms with van der Waals surface area (Å²) in [7, 11) is 0. The Bertz CT molecular complexity index is 678. The third-order valence-electron chi connectivity index (χ3n) is 3.21. The number of nitrogens with one attached hydrogen (secondary N) is 1. The summed E-state index contributed by atoms with van der Waals surface area (Å²) in [6, 6.07) is 5.61. The molecular formula is C16H18N2O3. The van der Waals surface area contributed by atoms with Gasteiger partial charge in [0.05, 0.1) is 6.61 Å². The SMILES string of the molecule is CCOC(=O)CCc1cc(-c2ccncc2)c(C)[nH]c1=O. The maximum atomic E-state index is 12.0. The molecule has 2 rings (SSSR count). The summed E-state index contributed by atoms with van der Waals surface area (Å²) in [5.41, 5.74) is 3.15. The van der Waals surface area contributed by atoms with Crippen LogP contribution >= 0.6 is 0 Å².